The Morgan fingerprint density at radius 2 is 2.18 bits per heavy atom. The summed E-state index contributed by atoms with van der Waals surface area (Å²) in [7, 11) is 1.66. The number of aldehydes is 1. The van der Waals surface area contributed by atoms with Gasteiger partial charge in [0.15, 0.2) is 12.6 Å². The summed E-state index contributed by atoms with van der Waals surface area (Å²) in [5, 5.41) is 13.3. The first-order valence-corrected chi connectivity index (χ1v) is 7.91. The quantitative estimate of drug-likeness (QED) is 0.670. The summed E-state index contributed by atoms with van der Waals surface area (Å²) in [5.74, 6) is -0.394. The van der Waals surface area contributed by atoms with Crippen LogP contribution in [0.15, 0.2) is 0 Å². The third-order valence-electron chi connectivity index (χ3n) is 4.27. The molecule has 0 amide bonds. The smallest absolute Gasteiger partial charge is 0.182 e. The zero-order valence-corrected chi connectivity index (χ0v) is 13.4. The summed E-state index contributed by atoms with van der Waals surface area (Å²) in [6.07, 6.45) is -0.633. The van der Waals surface area contributed by atoms with Crippen LogP contribution in [-0.2, 0) is 23.7 Å². The van der Waals surface area contributed by atoms with Crippen LogP contribution < -0.4 is 5.32 Å². The van der Waals surface area contributed by atoms with E-state index in [1.165, 1.54) is 0 Å². The van der Waals surface area contributed by atoms with E-state index in [4.69, 9.17) is 18.9 Å². The number of rotatable bonds is 6. The van der Waals surface area contributed by atoms with E-state index in [0.717, 1.165) is 12.8 Å². The SMILES string of the molecule is CCN[C@H]1CO[C@@H](O[C@H]2[C@H](O)O[C@H](C)C[C@@H]2C=O)C[C@@H]1OC. The van der Waals surface area contributed by atoms with E-state index < -0.39 is 24.6 Å². The molecule has 128 valence electrons. The minimum Gasteiger partial charge on any atom is -0.380 e. The molecule has 2 N–H and O–H groups in total. The summed E-state index contributed by atoms with van der Waals surface area (Å²) in [6, 6.07) is 0.115. The normalized spacial score (nSPS) is 43.0. The molecule has 0 aromatic heterocycles. The van der Waals surface area contributed by atoms with Crippen molar-refractivity contribution in [3.05, 3.63) is 0 Å². The van der Waals surface area contributed by atoms with E-state index in [1.807, 2.05) is 13.8 Å². The lowest BCUT2D eigenvalue weighted by Crippen LogP contribution is -2.54. The van der Waals surface area contributed by atoms with Gasteiger partial charge in [0, 0.05) is 19.4 Å². The van der Waals surface area contributed by atoms with E-state index in [2.05, 4.69) is 5.32 Å². The molecule has 0 unspecified atom stereocenters. The Labute approximate surface area is 131 Å². The molecular formula is C15H27NO6. The molecule has 0 aromatic carbocycles. The Morgan fingerprint density at radius 1 is 1.41 bits per heavy atom. The molecule has 2 aliphatic heterocycles. The predicted molar refractivity (Wildman–Crippen MR) is 78.2 cm³/mol. The highest BCUT2D eigenvalue weighted by molar-refractivity contribution is 5.55. The molecule has 7 atom stereocenters. The van der Waals surface area contributed by atoms with Gasteiger partial charge < -0.3 is 34.2 Å². The van der Waals surface area contributed by atoms with Crippen molar-refractivity contribution in [3.63, 3.8) is 0 Å². The molecule has 2 aliphatic rings. The fraction of sp³-hybridized carbons (Fsp3) is 0.933. The molecular weight excluding hydrogens is 290 g/mol. The minimum absolute atomic E-state index is 0.0334. The van der Waals surface area contributed by atoms with Crippen LogP contribution in [0.3, 0.4) is 0 Å². The lowest BCUT2D eigenvalue weighted by Gasteiger charge is -2.41. The lowest BCUT2D eigenvalue weighted by atomic mass is 9.93. The van der Waals surface area contributed by atoms with Gasteiger partial charge in [-0.1, -0.05) is 6.92 Å². The van der Waals surface area contributed by atoms with Crippen molar-refractivity contribution in [1.82, 2.24) is 5.32 Å². The van der Waals surface area contributed by atoms with E-state index in [0.29, 0.717) is 19.4 Å². The van der Waals surface area contributed by atoms with Crippen LogP contribution in [0.4, 0.5) is 0 Å². The fourth-order valence-electron chi connectivity index (χ4n) is 3.12. The van der Waals surface area contributed by atoms with Gasteiger partial charge in [-0.25, -0.2) is 0 Å². The average Bonchev–Trinajstić information content (AvgIpc) is 2.51. The van der Waals surface area contributed by atoms with Crippen molar-refractivity contribution in [3.8, 4) is 0 Å². The zero-order chi connectivity index (χ0) is 16.1. The number of carbonyl (C=O) groups excluding carboxylic acids is 1. The van der Waals surface area contributed by atoms with Crippen LogP contribution in [0, 0.1) is 5.92 Å². The Hall–Kier alpha value is -0.570. The van der Waals surface area contributed by atoms with E-state index in [9.17, 15) is 9.90 Å². The summed E-state index contributed by atoms with van der Waals surface area (Å²) in [4.78, 5) is 11.2. The minimum atomic E-state index is -1.12. The molecule has 22 heavy (non-hydrogen) atoms. The Balaban J connectivity index is 1.93. The second-order valence-corrected chi connectivity index (χ2v) is 5.91. The highest BCUT2D eigenvalue weighted by Gasteiger charge is 2.41. The number of aliphatic hydroxyl groups excluding tert-OH is 1. The molecule has 0 aliphatic carbocycles. The number of likely N-dealkylation sites (N-methyl/N-ethyl adjacent to an activating group) is 1. The van der Waals surface area contributed by atoms with Gasteiger partial charge in [0.25, 0.3) is 0 Å². The molecule has 2 rings (SSSR count). The van der Waals surface area contributed by atoms with Crippen molar-refractivity contribution in [2.75, 3.05) is 20.3 Å². The van der Waals surface area contributed by atoms with E-state index in [-0.39, 0.29) is 18.2 Å². The first-order chi connectivity index (χ1) is 10.6. The Kier molecular flexibility index (Phi) is 6.73. The first kappa shape index (κ1) is 17.8. The van der Waals surface area contributed by atoms with Gasteiger partial charge in [-0.3, -0.25) is 0 Å². The van der Waals surface area contributed by atoms with Gasteiger partial charge in [0.1, 0.15) is 12.4 Å². The number of aliphatic hydroxyl groups is 1. The second-order valence-electron chi connectivity index (χ2n) is 5.91. The zero-order valence-electron chi connectivity index (χ0n) is 13.4. The summed E-state index contributed by atoms with van der Waals surface area (Å²) < 4.78 is 22.4. The molecule has 0 bridgehead atoms. The number of nitrogens with one attached hydrogen (secondary N) is 1. The van der Waals surface area contributed by atoms with E-state index in [1.54, 1.807) is 7.11 Å². The molecule has 0 saturated carbocycles. The van der Waals surface area contributed by atoms with Gasteiger partial charge in [0.2, 0.25) is 0 Å². The van der Waals surface area contributed by atoms with Gasteiger partial charge in [-0.15, -0.1) is 0 Å². The summed E-state index contributed by atoms with van der Waals surface area (Å²) >= 11 is 0. The molecule has 0 radical (unpaired) electrons. The van der Waals surface area contributed by atoms with Crippen LogP contribution in [0.2, 0.25) is 0 Å². The molecule has 2 fully saturated rings. The molecule has 0 spiro atoms. The molecule has 7 nitrogen and oxygen atoms in total. The average molecular weight is 317 g/mol. The second kappa shape index (κ2) is 8.33. The van der Waals surface area contributed by atoms with Crippen molar-refractivity contribution in [2.45, 2.75) is 63.6 Å². The largest absolute Gasteiger partial charge is 0.380 e. The molecule has 0 aromatic rings. The summed E-state index contributed by atoms with van der Waals surface area (Å²) in [5.41, 5.74) is 0. The van der Waals surface area contributed by atoms with E-state index >= 15 is 0 Å². The molecule has 7 heteroatoms. The summed E-state index contributed by atoms with van der Waals surface area (Å²) in [6.45, 7) is 5.15. The number of methoxy groups -OCH3 is 1. The van der Waals surface area contributed by atoms with Crippen LogP contribution in [0.5, 0.6) is 0 Å². The molecule has 2 heterocycles. The van der Waals surface area contributed by atoms with Gasteiger partial charge >= 0.3 is 0 Å². The highest BCUT2D eigenvalue weighted by atomic mass is 16.7. The van der Waals surface area contributed by atoms with Crippen molar-refractivity contribution >= 4 is 6.29 Å². The number of carbonyl (C=O) groups is 1. The maximum atomic E-state index is 11.2. The third-order valence-corrected chi connectivity index (χ3v) is 4.27. The van der Waals surface area contributed by atoms with Gasteiger partial charge in [-0.2, -0.15) is 0 Å². The Morgan fingerprint density at radius 3 is 2.82 bits per heavy atom. The van der Waals surface area contributed by atoms with Gasteiger partial charge in [-0.05, 0) is 19.9 Å². The van der Waals surface area contributed by atoms with Crippen molar-refractivity contribution in [2.24, 2.45) is 5.92 Å². The van der Waals surface area contributed by atoms with Crippen LogP contribution in [0.25, 0.3) is 0 Å². The highest BCUT2D eigenvalue weighted by Crippen LogP contribution is 2.29. The Bertz CT molecular complexity index is 355. The first-order valence-electron chi connectivity index (χ1n) is 7.91. The van der Waals surface area contributed by atoms with Crippen LogP contribution in [0.1, 0.15) is 26.7 Å². The van der Waals surface area contributed by atoms with Crippen LogP contribution >= 0.6 is 0 Å². The monoisotopic (exact) mass is 317 g/mol. The van der Waals surface area contributed by atoms with Crippen LogP contribution in [-0.4, -0.2) is 68.6 Å². The predicted octanol–water partition coefficient (Wildman–Crippen LogP) is 0.0534. The fourth-order valence-corrected chi connectivity index (χ4v) is 3.12. The maximum Gasteiger partial charge on any atom is 0.182 e. The van der Waals surface area contributed by atoms with Gasteiger partial charge in [0.05, 0.1) is 24.9 Å². The number of hydrogen-bond donors (Lipinski definition) is 2. The standard InChI is InChI=1S/C15H27NO6/c1-4-16-11-8-20-13(6-12(11)19-3)22-14-10(7-17)5-9(2)21-15(14)18/h7,9-16,18H,4-6,8H2,1-3H3/t9-,10-,11+,12+,13+,14-,15-/m1/s1. The maximum absolute atomic E-state index is 11.2. The number of hydrogen-bond acceptors (Lipinski definition) is 7. The van der Waals surface area contributed by atoms with Crippen molar-refractivity contribution < 1.29 is 28.8 Å². The number of ether oxygens (including phenoxy) is 4. The topological polar surface area (TPSA) is 86.3 Å². The lowest BCUT2D eigenvalue weighted by molar-refractivity contribution is -0.294. The third kappa shape index (κ3) is 4.24. The molecule has 2 saturated heterocycles. The van der Waals surface area contributed by atoms with Crippen molar-refractivity contribution in [1.29, 1.82) is 0 Å².